The third kappa shape index (κ3) is 1.23. The number of benzene rings is 1. The number of aromatic nitrogens is 1. The van der Waals surface area contributed by atoms with Crippen molar-refractivity contribution >= 4 is 10.9 Å². The van der Waals surface area contributed by atoms with Crippen molar-refractivity contribution < 1.29 is 5.11 Å². The zero-order valence-electron chi connectivity index (χ0n) is 7.67. The number of aliphatic hydroxyl groups excluding tert-OH is 1. The minimum atomic E-state index is 0.123. The highest BCUT2D eigenvalue weighted by Gasteiger charge is 2.05. The SMILES string of the molecule is CCc1ccc2[nH]ccc2c1CO. The average Bonchev–Trinajstić information content (AvgIpc) is 2.63. The highest BCUT2D eigenvalue weighted by atomic mass is 16.3. The Bertz CT molecular complexity index is 417. The van der Waals surface area contributed by atoms with Crippen LogP contribution in [0.5, 0.6) is 0 Å². The zero-order valence-corrected chi connectivity index (χ0v) is 7.67. The molecule has 0 fully saturated rings. The van der Waals surface area contributed by atoms with Gasteiger partial charge in [-0.25, -0.2) is 0 Å². The lowest BCUT2D eigenvalue weighted by molar-refractivity contribution is 0.282. The van der Waals surface area contributed by atoms with Crippen molar-refractivity contribution in [2.45, 2.75) is 20.0 Å². The molecule has 0 bridgehead atoms. The summed E-state index contributed by atoms with van der Waals surface area (Å²) in [6.07, 6.45) is 2.88. The summed E-state index contributed by atoms with van der Waals surface area (Å²) in [6, 6.07) is 6.15. The van der Waals surface area contributed by atoms with Gasteiger partial charge in [-0.15, -0.1) is 0 Å². The van der Waals surface area contributed by atoms with E-state index in [9.17, 15) is 5.11 Å². The summed E-state index contributed by atoms with van der Waals surface area (Å²) in [7, 11) is 0. The van der Waals surface area contributed by atoms with E-state index in [0.29, 0.717) is 0 Å². The molecule has 0 radical (unpaired) electrons. The van der Waals surface area contributed by atoms with E-state index >= 15 is 0 Å². The van der Waals surface area contributed by atoms with Crippen LogP contribution in [0.1, 0.15) is 18.1 Å². The number of aliphatic hydroxyl groups is 1. The van der Waals surface area contributed by atoms with E-state index in [1.165, 1.54) is 5.56 Å². The second-order valence-corrected chi connectivity index (χ2v) is 3.15. The van der Waals surface area contributed by atoms with Crippen LogP contribution in [-0.2, 0) is 13.0 Å². The number of hydrogen-bond donors (Lipinski definition) is 2. The summed E-state index contributed by atoms with van der Waals surface area (Å²) in [6.45, 7) is 2.23. The van der Waals surface area contributed by atoms with Crippen molar-refractivity contribution in [1.29, 1.82) is 0 Å². The molecule has 2 N–H and O–H groups in total. The van der Waals surface area contributed by atoms with Gasteiger partial charge in [0.05, 0.1) is 6.61 Å². The summed E-state index contributed by atoms with van der Waals surface area (Å²) >= 11 is 0. The van der Waals surface area contributed by atoms with Crippen LogP contribution in [0.4, 0.5) is 0 Å². The van der Waals surface area contributed by atoms with Gasteiger partial charge in [0.25, 0.3) is 0 Å². The lowest BCUT2D eigenvalue weighted by Crippen LogP contribution is -1.92. The Labute approximate surface area is 77.2 Å². The molecule has 0 saturated heterocycles. The highest BCUT2D eigenvalue weighted by molar-refractivity contribution is 5.84. The Morgan fingerprint density at radius 1 is 1.31 bits per heavy atom. The van der Waals surface area contributed by atoms with Crippen molar-refractivity contribution in [3.8, 4) is 0 Å². The van der Waals surface area contributed by atoms with Gasteiger partial charge in [0.15, 0.2) is 0 Å². The van der Waals surface area contributed by atoms with Crippen LogP contribution in [0.25, 0.3) is 10.9 Å². The number of nitrogens with one attached hydrogen (secondary N) is 1. The van der Waals surface area contributed by atoms with Gasteiger partial charge >= 0.3 is 0 Å². The lowest BCUT2D eigenvalue weighted by atomic mass is 10.0. The van der Waals surface area contributed by atoms with Gasteiger partial charge < -0.3 is 10.1 Å². The van der Waals surface area contributed by atoms with E-state index in [2.05, 4.69) is 24.0 Å². The van der Waals surface area contributed by atoms with E-state index in [1.807, 2.05) is 12.3 Å². The fourth-order valence-corrected chi connectivity index (χ4v) is 1.76. The summed E-state index contributed by atoms with van der Waals surface area (Å²) in [4.78, 5) is 3.13. The lowest BCUT2D eigenvalue weighted by Gasteiger charge is -2.05. The first-order valence-corrected chi connectivity index (χ1v) is 4.55. The number of aromatic amines is 1. The van der Waals surface area contributed by atoms with E-state index in [-0.39, 0.29) is 6.61 Å². The monoisotopic (exact) mass is 175 g/mol. The molecule has 0 saturated carbocycles. The predicted molar refractivity (Wildman–Crippen MR) is 53.6 cm³/mol. The van der Waals surface area contributed by atoms with Crippen molar-refractivity contribution in [2.75, 3.05) is 0 Å². The van der Waals surface area contributed by atoms with Crippen molar-refractivity contribution in [3.05, 3.63) is 35.5 Å². The van der Waals surface area contributed by atoms with E-state index in [0.717, 1.165) is 22.9 Å². The molecule has 68 valence electrons. The maximum absolute atomic E-state index is 9.25. The van der Waals surface area contributed by atoms with Crippen LogP contribution in [0.15, 0.2) is 24.4 Å². The third-order valence-corrected chi connectivity index (χ3v) is 2.48. The highest BCUT2D eigenvalue weighted by Crippen LogP contribution is 2.21. The smallest absolute Gasteiger partial charge is 0.0691 e. The minimum absolute atomic E-state index is 0.123. The largest absolute Gasteiger partial charge is 0.392 e. The van der Waals surface area contributed by atoms with Crippen LogP contribution in [0, 0.1) is 0 Å². The topological polar surface area (TPSA) is 36.0 Å². The Balaban J connectivity index is 2.74. The maximum atomic E-state index is 9.25. The first-order valence-electron chi connectivity index (χ1n) is 4.55. The molecule has 2 heteroatoms. The Morgan fingerprint density at radius 2 is 2.15 bits per heavy atom. The molecule has 0 spiro atoms. The maximum Gasteiger partial charge on any atom is 0.0691 e. The number of fused-ring (bicyclic) bond motifs is 1. The fourth-order valence-electron chi connectivity index (χ4n) is 1.76. The van der Waals surface area contributed by atoms with Crippen LogP contribution in [0.3, 0.4) is 0 Å². The molecule has 1 heterocycles. The second-order valence-electron chi connectivity index (χ2n) is 3.15. The van der Waals surface area contributed by atoms with E-state index < -0.39 is 0 Å². The quantitative estimate of drug-likeness (QED) is 0.721. The van der Waals surface area contributed by atoms with Crippen molar-refractivity contribution in [1.82, 2.24) is 4.98 Å². The molecule has 2 aromatic rings. The summed E-state index contributed by atoms with van der Waals surface area (Å²) in [5, 5.41) is 10.4. The molecule has 0 aliphatic heterocycles. The van der Waals surface area contributed by atoms with Gasteiger partial charge in [0.2, 0.25) is 0 Å². The standard InChI is InChI=1S/C11H13NO/c1-2-8-3-4-11-9(5-6-12-11)10(8)7-13/h3-6,12-13H,2,7H2,1H3. The molecule has 2 nitrogen and oxygen atoms in total. The van der Waals surface area contributed by atoms with E-state index in [4.69, 9.17) is 0 Å². The van der Waals surface area contributed by atoms with E-state index in [1.54, 1.807) is 0 Å². The third-order valence-electron chi connectivity index (χ3n) is 2.48. The molecule has 0 amide bonds. The number of aryl methyl sites for hydroxylation is 1. The normalized spacial score (nSPS) is 10.9. The molecule has 0 aliphatic rings. The number of hydrogen-bond acceptors (Lipinski definition) is 1. The summed E-state index contributed by atoms with van der Waals surface area (Å²) in [5.74, 6) is 0. The van der Waals surface area contributed by atoms with Crippen LogP contribution < -0.4 is 0 Å². The molecule has 0 atom stereocenters. The molecular weight excluding hydrogens is 162 g/mol. The first kappa shape index (κ1) is 8.32. The van der Waals surface area contributed by atoms with Crippen LogP contribution in [-0.4, -0.2) is 10.1 Å². The first-order chi connectivity index (χ1) is 6.36. The van der Waals surface area contributed by atoms with Gasteiger partial charge in [-0.2, -0.15) is 0 Å². The second kappa shape index (κ2) is 3.23. The van der Waals surface area contributed by atoms with Crippen molar-refractivity contribution in [2.24, 2.45) is 0 Å². The molecule has 13 heavy (non-hydrogen) atoms. The zero-order chi connectivity index (χ0) is 9.26. The summed E-state index contributed by atoms with van der Waals surface area (Å²) < 4.78 is 0. The van der Waals surface area contributed by atoms with Crippen LogP contribution in [0.2, 0.25) is 0 Å². The molecule has 0 aliphatic carbocycles. The minimum Gasteiger partial charge on any atom is -0.392 e. The van der Waals surface area contributed by atoms with Gasteiger partial charge in [-0.3, -0.25) is 0 Å². The molecular formula is C11H13NO. The van der Waals surface area contributed by atoms with Gasteiger partial charge in [-0.1, -0.05) is 13.0 Å². The Morgan fingerprint density at radius 3 is 2.85 bits per heavy atom. The van der Waals surface area contributed by atoms with Gasteiger partial charge in [0, 0.05) is 17.1 Å². The van der Waals surface area contributed by atoms with Crippen LogP contribution >= 0.6 is 0 Å². The molecule has 1 aromatic carbocycles. The summed E-state index contributed by atoms with van der Waals surface area (Å²) in [5.41, 5.74) is 3.39. The molecule has 0 unspecified atom stereocenters. The number of rotatable bonds is 2. The average molecular weight is 175 g/mol. The Hall–Kier alpha value is -1.28. The molecule has 1 aromatic heterocycles. The fraction of sp³-hybridized carbons (Fsp3) is 0.273. The Kier molecular flexibility index (Phi) is 2.07. The number of H-pyrrole nitrogens is 1. The predicted octanol–water partition coefficient (Wildman–Crippen LogP) is 2.22. The van der Waals surface area contributed by atoms with Crippen molar-refractivity contribution in [3.63, 3.8) is 0 Å². The van der Waals surface area contributed by atoms with Gasteiger partial charge in [-0.05, 0) is 29.7 Å². The van der Waals surface area contributed by atoms with Gasteiger partial charge in [0.1, 0.15) is 0 Å². The molecule has 2 rings (SSSR count).